The smallest absolute Gasteiger partial charge is 0.101 e. The van der Waals surface area contributed by atoms with Crippen LogP contribution in [0.1, 0.15) is 19.5 Å². The first-order valence-electron chi connectivity index (χ1n) is 5.42. The van der Waals surface area contributed by atoms with Crippen LogP contribution < -0.4 is 0 Å². The Kier molecular flexibility index (Phi) is 3.18. The summed E-state index contributed by atoms with van der Waals surface area (Å²) in [6.45, 7) is 3.44. The van der Waals surface area contributed by atoms with E-state index in [0.29, 0.717) is 5.69 Å². The van der Waals surface area contributed by atoms with Crippen LogP contribution in [0.4, 0.5) is 0 Å². The van der Waals surface area contributed by atoms with Gasteiger partial charge in [-0.15, -0.1) is 0 Å². The van der Waals surface area contributed by atoms with Gasteiger partial charge in [-0.05, 0) is 37.6 Å². The zero-order chi connectivity index (χ0) is 12.5. The Balaban J connectivity index is 2.33. The van der Waals surface area contributed by atoms with Crippen molar-refractivity contribution < 1.29 is 5.11 Å². The maximum absolute atomic E-state index is 9.81. The number of nitrogens with zero attached hydrogens (tertiary/aromatic N) is 1. The molecular formula is C14H14ClNO. The molecule has 1 aromatic heterocycles. The van der Waals surface area contributed by atoms with E-state index < -0.39 is 5.60 Å². The molecule has 88 valence electrons. The second-order valence-electron chi connectivity index (χ2n) is 4.50. The SMILES string of the molecule is CC(C)(O)c1ccc(-c2ccc(Cl)cc2)cn1. The molecular weight excluding hydrogens is 234 g/mol. The van der Waals surface area contributed by atoms with Crippen molar-refractivity contribution in [2.75, 3.05) is 0 Å². The van der Waals surface area contributed by atoms with Gasteiger partial charge in [0.25, 0.3) is 0 Å². The summed E-state index contributed by atoms with van der Waals surface area (Å²) in [6, 6.07) is 11.4. The van der Waals surface area contributed by atoms with Crippen LogP contribution in [0.5, 0.6) is 0 Å². The number of pyridine rings is 1. The molecule has 17 heavy (non-hydrogen) atoms. The highest BCUT2D eigenvalue weighted by atomic mass is 35.5. The second-order valence-corrected chi connectivity index (χ2v) is 4.93. The Hall–Kier alpha value is -1.38. The number of aromatic nitrogens is 1. The second kappa shape index (κ2) is 4.47. The number of aliphatic hydroxyl groups is 1. The molecule has 0 saturated carbocycles. The first kappa shape index (κ1) is 12.1. The van der Waals surface area contributed by atoms with Crippen molar-refractivity contribution >= 4 is 11.6 Å². The summed E-state index contributed by atoms with van der Waals surface area (Å²) in [5.74, 6) is 0. The average Bonchev–Trinajstić information content (AvgIpc) is 2.29. The molecule has 2 rings (SSSR count). The predicted octanol–water partition coefficient (Wildman–Crippen LogP) is 3.63. The minimum Gasteiger partial charge on any atom is -0.384 e. The molecule has 0 atom stereocenters. The summed E-state index contributed by atoms with van der Waals surface area (Å²) < 4.78 is 0. The molecule has 1 aromatic carbocycles. The fraction of sp³-hybridized carbons (Fsp3) is 0.214. The fourth-order valence-electron chi connectivity index (χ4n) is 1.57. The lowest BCUT2D eigenvalue weighted by molar-refractivity contribution is 0.0739. The summed E-state index contributed by atoms with van der Waals surface area (Å²) in [4.78, 5) is 4.27. The topological polar surface area (TPSA) is 33.1 Å². The van der Waals surface area contributed by atoms with E-state index in [2.05, 4.69) is 4.98 Å². The maximum atomic E-state index is 9.81. The summed E-state index contributed by atoms with van der Waals surface area (Å²) >= 11 is 5.84. The van der Waals surface area contributed by atoms with E-state index in [0.717, 1.165) is 16.1 Å². The normalized spacial score (nSPS) is 11.5. The molecule has 1 heterocycles. The van der Waals surface area contributed by atoms with E-state index in [1.54, 1.807) is 20.0 Å². The van der Waals surface area contributed by atoms with Crippen LogP contribution in [0, 0.1) is 0 Å². The van der Waals surface area contributed by atoms with E-state index in [9.17, 15) is 5.11 Å². The summed E-state index contributed by atoms with van der Waals surface area (Å²) in [7, 11) is 0. The van der Waals surface area contributed by atoms with Gasteiger partial charge in [0.1, 0.15) is 5.60 Å². The van der Waals surface area contributed by atoms with Crippen molar-refractivity contribution in [3.8, 4) is 11.1 Å². The van der Waals surface area contributed by atoms with Crippen molar-refractivity contribution in [1.82, 2.24) is 4.98 Å². The lowest BCUT2D eigenvalue weighted by Crippen LogP contribution is -2.17. The Labute approximate surface area is 106 Å². The van der Waals surface area contributed by atoms with E-state index in [4.69, 9.17) is 11.6 Å². The lowest BCUT2D eigenvalue weighted by atomic mass is 10.0. The van der Waals surface area contributed by atoms with Gasteiger partial charge in [-0.3, -0.25) is 4.98 Å². The van der Waals surface area contributed by atoms with Crippen molar-refractivity contribution in [2.45, 2.75) is 19.4 Å². The standard InChI is InChI=1S/C14H14ClNO/c1-14(2,17)13-8-5-11(9-16-13)10-3-6-12(15)7-4-10/h3-9,17H,1-2H3. The van der Waals surface area contributed by atoms with Gasteiger partial charge in [0.15, 0.2) is 0 Å². The predicted molar refractivity (Wildman–Crippen MR) is 69.9 cm³/mol. The van der Waals surface area contributed by atoms with Gasteiger partial charge in [-0.2, -0.15) is 0 Å². The first-order valence-corrected chi connectivity index (χ1v) is 5.79. The van der Waals surface area contributed by atoms with Gasteiger partial charge in [-0.1, -0.05) is 29.8 Å². The fourth-order valence-corrected chi connectivity index (χ4v) is 1.69. The molecule has 0 unspecified atom stereocenters. The Morgan fingerprint density at radius 1 is 1.00 bits per heavy atom. The summed E-state index contributed by atoms with van der Waals surface area (Å²) in [5, 5.41) is 10.5. The number of rotatable bonds is 2. The molecule has 3 heteroatoms. The molecule has 0 amide bonds. The molecule has 0 aliphatic carbocycles. The van der Waals surface area contributed by atoms with Gasteiger partial charge >= 0.3 is 0 Å². The Bertz CT molecular complexity index is 497. The van der Waals surface area contributed by atoms with Gasteiger partial charge < -0.3 is 5.11 Å². The van der Waals surface area contributed by atoms with Crippen LogP contribution in [0.2, 0.25) is 5.02 Å². The molecule has 0 aliphatic heterocycles. The van der Waals surface area contributed by atoms with Crippen molar-refractivity contribution in [3.63, 3.8) is 0 Å². The molecule has 1 N–H and O–H groups in total. The Morgan fingerprint density at radius 3 is 2.06 bits per heavy atom. The lowest BCUT2D eigenvalue weighted by Gasteiger charge is -2.16. The minimum atomic E-state index is -0.904. The third-order valence-corrected chi connectivity index (χ3v) is 2.82. The highest BCUT2D eigenvalue weighted by molar-refractivity contribution is 6.30. The van der Waals surface area contributed by atoms with Crippen LogP contribution in [0.15, 0.2) is 42.6 Å². The molecule has 0 saturated heterocycles. The van der Waals surface area contributed by atoms with Crippen LogP contribution >= 0.6 is 11.6 Å². The zero-order valence-electron chi connectivity index (χ0n) is 9.81. The number of benzene rings is 1. The van der Waals surface area contributed by atoms with E-state index in [1.807, 2.05) is 36.4 Å². The van der Waals surface area contributed by atoms with Crippen molar-refractivity contribution in [2.24, 2.45) is 0 Å². The van der Waals surface area contributed by atoms with Crippen LogP contribution in [-0.2, 0) is 5.60 Å². The molecule has 0 aliphatic rings. The molecule has 0 radical (unpaired) electrons. The minimum absolute atomic E-state index is 0.662. The highest BCUT2D eigenvalue weighted by Gasteiger charge is 2.17. The number of hydrogen-bond donors (Lipinski definition) is 1. The van der Waals surface area contributed by atoms with E-state index in [1.165, 1.54) is 0 Å². The zero-order valence-corrected chi connectivity index (χ0v) is 10.6. The highest BCUT2D eigenvalue weighted by Crippen LogP contribution is 2.23. The molecule has 2 aromatic rings. The van der Waals surface area contributed by atoms with Crippen LogP contribution in [0.25, 0.3) is 11.1 Å². The monoisotopic (exact) mass is 247 g/mol. The summed E-state index contributed by atoms with van der Waals surface area (Å²) in [5.41, 5.74) is 1.83. The van der Waals surface area contributed by atoms with Gasteiger partial charge in [-0.25, -0.2) is 0 Å². The van der Waals surface area contributed by atoms with Gasteiger partial charge in [0.2, 0.25) is 0 Å². The third-order valence-electron chi connectivity index (χ3n) is 2.57. The largest absolute Gasteiger partial charge is 0.384 e. The van der Waals surface area contributed by atoms with E-state index >= 15 is 0 Å². The van der Waals surface area contributed by atoms with Crippen LogP contribution in [-0.4, -0.2) is 10.1 Å². The van der Waals surface area contributed by atoms with Gasteiger partial charge in [0.05, 0.1) is 5.69 Å². The molecule has 0 fully saturated rings. The van der Waals surface area contributed by atoms with Crippen LogP contribution in [0.3, 0.4) is 0 Å². The quantitative estimate of drug-likeness (QED) is 0.879. The van der Waals surface area contributed by atoms with E-state index in [-0.39, 0.29) is 0 Å². The Morgan fingerprint density at radius 2 is 1.59 bits per heavy atom. The van der Waals surface area contributed by atoms with Crippen molar-refractivity contribution in [1.29, 1.82) is 0 Å². The maximum Gasteiger partial charge on any atom is 0.101 e. The number of halogens is 1. The third kappa shape index (κ3) is 2.84. The molecule has 2 nitrogen and oxygen atoms in total. The van der Waals surface area contributed by atoms with Crippen molar-refractivity contribution in [3.05, 3.63) is 53.3 Å². The first-order chi connectivity index (χ1) is 7.97. The van der Waals surface area contributed by atoms with Gasteiger partial charge in [0, 0.05) is 16.8 Å². The number of hydrogen-bond acceptors (Lipinski definition) is 2. The summed E-state index contributed by atoms with van der Waals surface area (Å²) in [6.07, 6.45) is 1.76. The molecule has 0 spiro atoms. The average molecular weight is 248 g/mol. The molecule has 0 bridgehead atoms.